The molecule has 2 aromatic carbocycles. The number of anilines is 2. The summed E-state index contributed by atoms with van der Waals surface area (Å²) in [6, 6.07) is 19.7. The van der Waals surface area contributed by atoms with Gasteiger partial charge in [-0.2, -0.15) is 0 Å². The molecule has 3 aliphatic rings. The summed E-state index contributed by atoms with van der Waals surface area (Å²) in [5, 5.41) is 0. The van der Waals surface area contributed by atoms with E-state index in [9.17, 15) is 0 Å². The van der Waals surface area contributed by atoms with Gasteiger partial charge in [-0.25, -0.2) is 0 Å². The van der Waals surface area contributed by atoms with E-state index in [1.165, 1.54) is 35.5 Å². The van der Waals surface area contributed by atoms with Crippen molar-refractivity contribution >= 4 is 11.4 Å². The Morgan fingerprint density at radius 1 is 0.824 bits per heavy atom. The highest BCUT2D eigenvalue weighted by Gasteiger charge is 2.22. The predicted molar refractivity (Wildman–Crippen MR) is 146 cm³/mol. The van der Waals surface area contributed by atoms with E-state index in [2.05, 4.69) is 121 Å². The number of rotatable bonds is 7. The molecular formula is C32H36N2. The Hall–Kier alpha value is -3.26. The highest BCUT2D eigenvalue weighted by atomic mass is 15.1. The molecule has 2 atom stereocenters. The molecule has 2 aromatic rings. The number of para-hydroxylation sites is 1. The Morgan fingerprint density at radius 3 is 2.50 bits per heavy atom. The van der Waals surface area contributed by atoms with Gasteiger partial charge in [0, 0.05) is 43.1 Å². The van der Waals surface area contributed by atoms with E-state index in [0.717, 1.165) is 25.9 Å². The molecule has 3 aliphatic carbocycles. The van der Waals surface area contributed by atoms with Gasteiger partial charge in [-0.1, -0.05) is 66.8 Å². The Bertz CT molecular complexity index is 1150. The van der Waals surface area contributed by atoms with E-state index < -0.39 is 0 Å². The quantitative estimate of drug-likeness (QED) is 0.430. The van der Waals surface area contributed by atoms with Crippen molar-refractivity contribution in [2.24, 2.45) is 11.8 Å². The molecule has 2 nitrogen and oxygen atoms in total. The van der Waals surface area contributed by atoms with E-state index in [-0.39, 0.29) is 0 Å². The van der Waals surface area contributed by atoms with Gasteiger partial charge in [0.05, 0.1) is 0 Å². The van der Waals surface area contributed by atoms with Crippen LogP contribution in [0, 0.1) is 18.8 Å². The second-order valence-corrected chi connectivity index (χ2v) is 9.94. The molecule has 0 aliphatic heterocycles. The predicted octanol–water partition coefficient (Wildman–Crippen LogP) is 7.62. The third kappa shape index (κ3) is 5.28. The van der Waals surface area contributed by atoms with Crippen molar-refractivity contribution in [1.29, 1.82) is 0 Å². The lowest BCUT2D eigenvalue weighted by atomic mass is 9.84. The van der Waals surface area contributed by atoms with E-state index in [0.29, 0.717) is 11.8 Å². The lowest BCUT2D eigenvalue weighted by molar-refractivity contribution is 0.551. The van der Waals surface area contributed by atoms with E-state index in [1.54, 1.807) is 11.1 Å². The van der Waals surface area contributed by atoms with E-state index in [4.69, 9.17) is 0 Å². The van der Waals surface area contributed by atoms with Gasteiger partial charge in [0.1, 0.15) is 0 Å². The molecule has 5 rings (SSSR count). The normalized spacial score (nSPS) is 21.3. The molecular weight excluding hydrogens is 412 g/mol. The van der Waals surface area contributed by atoms with Crippen LogP contribution < -0.4 is 9.80 Å². The van der Waals surface area contributed by atoms with Crippen LogP contribution in [0.15, 0.2) is 114 Å². The van der Waals surface area contributed by atoms with Crippen molar-refractivity contribution < 1.29 is 0 Å². The Balaban J connectivity index is 1.32. The molecule has 0 aromatic heterocycles. The molecule has 0 spiro atoms. The summed E-state index contributed by atoms with van der Waals surface area (Å²) >= 11 is 0. The molecule has 34 heavy (non-hydrogen) atoms. The number of nitrogens with zero attached hydrogens (tertiary/aromatic N) is 2. The Kier molecular flexibility index (Phi) is 6.85. The molecule has 0 bridgehead atoms. The maximum absolute atomic E-state index is 2.61. The number of hydrogen-bond donors (Lipinski definition) is 0. The summed E-state index contributed by atoms with van der Waals surface area (Å²) in [7, 11) is 2.18. The van der Waals surface area contributed by atoms with Crippen LogP contribution in [0.3, 0.4) is 0 Å². The molecule has 0 saturated heterocycles. The monoisotopic (exact) mass is 448 g/mol. The lowest BCUT2D eigenvalue weighted by Crippen LogP contribution is -2.34. The molecule has 0 N–H and O–H groups in total. The summed E-state index contributed by atoms with van der Waals surface area (Å²) in [6.07, 6.45) is 21.3. The fraction of sp³-hybridized carbons (Fsp3) is 0.312. The van der Waals surface area contributed by atoms with Crippen molar-refractivity contribution in [3.05, 3.63) is 120 Å². The molecule has 2 unspecified atom stereocenters. The number of hydrogen-bond acceptors (Lipinski definition) is 2. The first-order chi connectivity index (χ1) is 16.7. The molecule has 0 amide bonds. The van der Waals surface area contributed by atoms with Gasteiger partial charge in [-0.05, 0) is 85.6 Å². The van der Waals surface area contributed by atoms with Gasteiger partial charge in [0.25, 0.3) is 0 Å². The average molecular weight is 449 g/mol. The lowest BCUT2D eigenvalue weighted by Gasteiger charge is -2.34. The zero-order valence-corrected chi connectivity index (χ0v) is 20.5. The summed E-state index contributed by atoms with van der Waals surface area (Å²) in [4.78, 5) is 4.92. The maximum atomic E-state index is 2.61. The van der Waals surface area contributed by atoms with Gasteiger partial charge in [0.15, 0.2) is 0 Å². The topological polar surface area (TPSA) is 6.48 Å². The number of allylic oxidation sites excluding steroid dienone is 7. The first-order valence-corrected chi connectivity index (χ1v) is 12.7. The van der Waals surface area contributed by atoms with E-state index in [1.807, 2.05) is 0 Å². The van der Waals surface area contributed by atoms with Crippen LogP contribution in [0.2, 0.25) is 0 Å². The van der Waals surface area contributed by atoms with Crippen molar-refractivity contribution in [2.75, 3.05) is 29.9 Å². The third-order valence-electron chi connectivity index (χ3n) is 7.30. The first-order valence-electron chi connectivity index (χ1n) is 12.7. The van der Waals surface area contributed by atoms with E-state index >= 15 is 0 Å². The smallest absolute Gasteiger partial charge is 0.0410 e. The summed E-state index contributed by atoms with van der Waals surface area (Å²) < 4.78 is 0. The van der Waals surface area contributed by atoms with Crippen molar-refractivity contribution in [2.45, 2.75) is 32.6 Å². The highest BCUT2D eigenvalue weighted by molar-refractivity contribution is 5.56. The molecule has 174 valence electrons. The number of likely N-dealkylation sites (N-methyl/N-ethyl adjacent to an activating group) is 1. The average Bonchev–Trinajstić information content (AvgIpc) is 2.88. The number of benzene rings is 2. The molecule has 0 saturated carbocycles. The largest absolute Gasteiger partial charge is 0.370 e. The van der Waals surface area contributed by atoms with Crippen LogP contribution in [0.4, 0.5) is 11.4 Å². The van der Waals surface area contributed by atoms with Crippen molar-refractivity contribution in [1.82, 2.24) is 0 Å². The summed E-state index contributed by atoms with van der Waals surface area (Å²) in [5.41, 5.74) is 8.25. The minimum absolute atomic E-state index is 0.490. The first kappa shape index (κ1) is 22.5. The maximum Gasteiger partial charge on any atom is 0.0410 e. The fourth-order valence-corrected chi connectivity index (χ4v) is 5.41. The highest BCUT2D eigenvalue weighted by Crippen LogP contribution is 2.32. The van der Waals surface area contributed by atoms with Gasteiger partial charge in [-0.3, -0.25) is 0 Å². The second kappa shape index (κ2) is 10.3. The minimum Gasteiger partial charge on any atom is -0.370 e. The van der Waals surface area contributed by atoms with Crippen molar-refractivity contribution in [3.63, 3.8) is 0 Å². The zero-order chi connectivity index (χ0) is 23.3. The van der Waals surface area contributed by atoms with Gasteiger partial charge >= 0.3 is 0 Å². The minimum atomic E-state index is 0.490. The van der Waals surface area contributed by atoms with Gasteiger partial charge < -0.3 is 9.80 Å². The van der Waals surface area contributed by atoms with Crippen molar-refractivity contribution in [3.8, 4) is 0 Å². The summed E-state index contributed by atoms with van der Waals surface area (Å²) in [5.74, 6) is 1.05. The second-order valence-electron chi connectivity index (χ2n) is 9.94. The SMILES string of the molecule is Cc1cccc(N(C)C2=CC(CN(CC3C=CC4=C(C=CCC4)C3)c3ccccc3)CC=C2)c1. The van der Waals surface area contributed by atoms with Crippen LogP contribution in [-0.4, -0.2) is 20.1 Å². The molecule has 0 radical (unpaired) electrons. The van der Waals surface area contributed by atoms with Crippen LogP contribution in [0.25, 0.3) is 0 Å². The number of aryl methyl sites for hydroxylation is 1. The van der Waals surface area contributed by atoms with Crippen LogP contribution in [0.1, 0.15) is 31.2 Å². The zero-order valence-electron chi connectivity index (χ0n) is 20.5. The Morgan fingerprint density at radius 2 is 1.65 bits per heavy atom. The van der Waals surface area contributed by atoms with Crippen LogP contribution >= 0.6 is 0 Å². The fourth-order valence-electron chi connectivity index (χ4n) is 5.41. The van der Waals surface area contributed by atoms with Gasteiger partial charge in [-0.15, -0.1) is 0 Å². The van der Waals surface area contributed by atoms with Gasteiger partial charge in [0.2, 0.25) is 0 Å². The third-order valence-corrected chi connectivity index (χ3v) is 7.30. The molecule has 2 heteroatoms. The Labute approximate surface area is 205 Å². The molecule has 0 heterocycles. The summed E-state index contributed by atoms with van der Waals surface area (Å²) in [6.45, 7) is 4.25. The van der Waals surface area contributed by atoms with Crippen LogP contribution in [0.5, 0.6) is 0 Å². The standard InChI is InChI=1S/C32H36N2/c1-25-10-8-16-31(20-25)33(2)32-17-9-11-26(22-32)23-34(30-14-4-3-5-15-30)24-27-18-19-28-12-6-7-13-29(28)21-27/h3-5,7-10,13-20,22,26-27H,6,11-12,21,23-24H2,1-2H3. The van der Waals surface area contributed by atoms with Crippen LogP contribution in [-0.2, 0) is 0 Å². The molecule has 0 fully saturated rings.